The average Bonchev–Trinajstić information content (AvgIpc) is 2.73. The fraction of sp³-hybridized carbons (Fsp3) is 0.286. The lowest BCUT2D eigenvalue weighted by Crippen LogP contribution is -2.39. The Bertz CT molecular complexity index is 1090. The van der Waals surface area contributed by atoms with Crippen molar-refractivity contribution in [2.75, 3.05) is 33.9 Å². The maximum Gasteiger partial charge on any atom is 0.338 e. The van der Waals surface area contributed by atoms with Crippen molar-refractivity contribution in [2.45, 2.75) is 6.04 Å². The number of esters is 1. The van der Waals surface area contributed by atoms with E-state index in [0.717, 1.165) is 6.20 Å². The first-order chi connectivity index (χ1) is 15.2. The van der Waals surface area contributed by atoms with Crippen molar-refractivity contribution in [3.8, 4) is 0 Å². The molecule has 1 aliphatic heterocycles. The molecule has 7 nitrogen and oxygen atoms in total. The number of ether oxygens (including phenoxy) is 1. The normalized spacial score (nSPS) is 16.1. The number of rotatable bonds is 7. The first-order valence-electron chi connectivity index (χ1n) is 9.47. The Hall–Kier alpha value is -2.76. The molecule has 0 aliphatic carbocycles. The molecule has 0 amide bonds. The van der Waals surface area contributed by atoms with E-state index in [4.69, 9.17) is 4.74 Å². The molecule has 2 aromatic rings. The number of aliphatic imine (C=N–C) groups is 1. The van der Waals surface area contributed by atoms with Gasteiger partial charge >= 0.3 is 5.97 Å². The van der Waals surface area contributed by atoms with Gasteiger partial charge < -0.3 is 15.2 Å². The first-order valence-corrected chi connectivity index (χ1v) is 10.3. The third kappa shape index (κ3) is 5.17. The van der Waals surface area contributed by atoms with Crippen molar-refractivity contribution in [1.29, 1.82) is 0 Å². The van der Waals surface area contributed by atoms with Crippen LogP contribution in [0.3, 0.4) is 0 Å². The van der Waals surface area contributed by atoms with E-state index in [-0.39, 0.29) is 30.3 Å². The predicted molar refractivity (Wildman–Crippen MR) is 114 cm³/mol. The topological polar surface area (TPSA) is 87.0 Å². The van der Waals surface area contributed by atoms with Crippen molar-refractivity contribution in [2.24, 2.45) is 4.99 Å². The summed E-state index contributed by atoms with van der Waals surface area (Å²) >= 11 is 3.29. The highest BCUT2D eigenvalue weighted by Gasteiger charge is 2.34. The zero-order chi connectivity index (χ0) is 23.4. The zero-order valence-electron chi connectivity index (χ0n) is 17.2. The maximum atomic E-state index is 14.5. The molecule has 0 fully saturated rings. The molecule has 0 bridgehead atoms. The summed E-state index contributed by atoms with van der Waals surface area (Å²) in [6.07, 6.45) is 0.850. The van der Waals surface area contributed by atoms with Gasteiger partial charge in [-0.2, -0.15) is 0 Å². The average molecular weight is 513 g/mol. The highest BCUT2D eigenvalue weighted by molar-refractivity contribution is 9.10. The highest BCUT2D eigenvalue weighted by atomic mass is 79.9. The standard InChI is InChI=1S/C21H20BrF3N4O3/c1-29(5-6-30)10-16-17(21(31)32-2)18(13-4-3-11(23)7-14(13)22)28-20(27-16)19-15(25)8-12(24)9-26-19/h3-4,7-9,18,30H,5-6,10H2,1-2H3,(H,27,28). The number of carbonyl (C=O) groups is 1. The fourth-order valence-corrected chi connectivity index (χ4v) is 3.82. The van der Waals surface area contributed by atoms with Crippen LogP contribution in [-0.4, -0.2) is 60.6 Å². The maximum absolute atomic E-state index is 14.5. The van der Waals surface area contributed by atoms with E-state index < -0.39 is 29.5 Å². The van der Waals surface area contributed by atoms with E-state index in [0.29, 0.717) is 28.3 Å². The quantitative estimate of drug-likeness (QED) is 0.554. The van der Waals surface area contributed by atoms with E-state index >= 15 is 0 Å². The number of amidine groups is 1. The van der Waals surface area contributed by atoms with Crippen molar-refractivity contribution in [3.05, 3.63) is 74.9 Å². The predicted octanol–water partition coefficient (Wildman–Crippen LogP) is 2.70. The van der Waals surface area contributed by atoms with Gasteiger partial charge in [-0.15, -0.1) is 0 Å². The van der Waals surface area contributed by atoms with Crippen LogP contribution in [-0.2, 0) is 9.53 Å². The summed E-state index contributed by atoms with van der Waals surface area (Å²) in [4.78, 5) is 22.7. The van der Waals surface area contributed by atoms with Gasteiger partial charge in [0.05, 0.1) is 25.5 Å². The number of pyridine rings is 1. The van der Waals surface area contributed by atoms with Gasteiger partial charge in [-0.3, -0.25) is 9.89 Å². The number of likely N-dealkylation sites (N-methyl/N-ethyl adjacent to an activating group) is 1. The van der Waals surface area contributed by atoms with Gasteiger partial charge in [0, 0.05) is 29.3 Å². The molecule has 1 aliphatic rings. The van der Waals surface area contributed by atoms with Crippen LogP contribution in [0.4, 0.5) is 13.2 Å². The number of nitrogens with zero attached hydrogens (tertiary/aromatic N) is 3. The van der Waals surface area contributed by atoms with Gasteiger partial charge in [0.15, 0.2) is 11.7 Å². The lowest BCUT2D eigenvalue weighted by atomic mass is 9.95. The molecule has 0 spiro atoms. The third-order valence-corrected chi connectivity index (χ3v) is 5.42. The van der Waals surface area contributed by atoms with Crippen molar-refractivity contribution < 1.29 is 27.8 Å². The second-order valence-corrected chi connectivity index (χ2v) is 7.85. The molecule has 32 heavy (non-hydrogen) atoms. The lowest BCUT2D eigenvalue weighted by Gasteiger charge is -2.29. The van der Waals surface area contributed by atoms with Crippen LogP contribution in [0.25, 0.3) is 0 Å². The van der Waals surface area contributed by atoms with Crippen LogP contribution >= 0.6 is 15.9 Å². The highest BCUT2D eigenvalue weighted by Crippen LogP contribution is 2.36. The number of aromatic nitrogens is 1. The smallest absolute Gasteiger partial charge is 0.338 e. The molecule has 1 atom stereocenters. The van der Waals surface area contributed by atoms with Crippen molar-refractivity contribution >= 4 is 27.7 Å². The Morgan fingerprint density at radius 3 is 2.66 bits per heavy atom. The number of hydrogen-bond acceptors (Lipinski definition) is 7. The summed E-state index contributed by atoms with van der Waals surface area (Å²) in [5, 5.41) is 12.1. The number of methoxy groups -OCH3 is 1. The number of nitrogens with one attached hydrogen (secondary N) is 1. The molecule has 11 heteroatoms. The molecule has 1 aromatic heterocycles. The number of benzene rings is 1. The van der Waals surface area contributed by atoms with E-state index in [1.807, 2.05) is 0 Å². The molecule has 0 saturated heterocycles. The van der Waals surface area contributed by atoms with Gasteiger partial charge in [0.2, 0.25) is 0 Å². The molecule has 3 rings (SSSR count). The monoisotopic (exact) mass is 512 g/mol. The SMILES string of the molecule is COC(=O)C1=C(CN(C)CCO)NC(c2ncc(F)cc2F)=NC1c1ccc(F)cc1Br. The molecule has 2 heterocycles. The third-order valence-electron chi connectivity index (χ3n) is 4.73. The van der Waals surface area contributed by atoms with Crippen LogP contribution in [0, 0.1) is 17.5 Å². The van der Waals surface area contributed by atoms with Crippen LogP contribution < -0.4 is 5.32 Å². The van der Waals surface area contributed by atoms with E-state index in [2.05, 4.69) is 31.2 Å². The first kappa shape index (κ1) is 23.9. The molecule has 1 aromatic carbocycles. The fourth-order valence-electron chi connectivity index (χ4n) is 3.25. The molecule has 0 radical (unpaired) electrons. The molecular formula is C21H20BrF3N4O3. The van der Waals surface area contributed by atoms with Crippen LogP contribution in [0.5, 0.6) is 0 Å². The summed E-state index contributed by atoms with van der Waals surface area (Å²) in [7, 11) is 2.92. The minimum Gasteiger partial charge on any atom is -0.466 e. The van der Waals surface area contributed by atoms with Crippen LogP contribution in [0.2, 0.25) is 0 Å². The number of hydrogen-bond donors (Lipinski definition) is 2. The second kappa shape index (κ2) is 10.2. The van der Waals surface area contributed by atoms with E-state index in [9.17, 15) is 23.1 Å². The Labute approximate surface area is 190 Å². The summed E-state index contributed by atoms with van der Waals surface area (Å²) in [6, 6.07) is 3.54. The Balaban J connectivity index is 2.20. The molecule has 170 valence electrons. The van der Waals surface area contributed by atoms with Gasteiger partial charge in [0.25, 0.3) is 0 Å². The minimum atomic E-state index is -1.00. The Kier molecular flexibility index (Phi) is 7.64. The largest absolute Gasteiger partial charge is 0.466 e. The summed E-state index contributed by atoms with van der Waals surface area (Å²) in [5.41, 5.74) is 0.622. The summed E-state index contributed by atoms with van der Waals surface area (Å²) in [5.74, 6) is -3.03. The molecule has 1 unspecified atom stereocenters. The summed E-state index contributed by atoms with van der Waals surface area (Å²) < 4.78 is 46.9. The number of aliphatic hydroxyl groups is 1. The van der Waals surface area contributed by atoms with Crippen molar-refractivity contribution in [1.82, 2.24) is 15.2 Å². The minimum absolute atomic E-state index is 0.0382. The number of aliphatic hydroxyl groups excluding tert-OH is 1. The number of carbonyl (C=O) groups excluding carboxylic acids is 1. The van der Waals surface area contributed by atoms with Gasteiger partial charge in [-0.05, 0) is 24.7 Å². The van der Waals surface area contributed by atoms with Gasteiger partial charge in [0.1, 0.15) is 23.4 Å². The second-order valence-electron chi connectivity index (χ2n) is 7.00. The molecular weight excluding hydrogens is 493 g/mol. The molecule has 0 saturated carbocycles. The zero-order valence-corrected chi connectivity index (χ0v) is 18.8. The van der Waals surface area contributed by atoms with Gasteiger partial charge in [-0.1, -0.05) is 22.0 Å². The van der Waals surface area contributed by atoms with Crippen molar-refractivity contribution in [3.63, 3.8) is 0 Å². The lowest BCUT2D eigenvalue weighted by molar-refractivity contribution is -0.136. The Morgan fingerprint density at radius 1 is 1.28 bits per heavy atom. The van der Waals surface area contributed by atoms with Crippen LogP contribution in [0.1, 0.15) is 17.3 Å². The van der Waals surface area contributed by atoms with E-state index in [1.54, 1.807) is 11.9 Å². The Morgan fingerprint density at radius 2 is 2.03 bits per heavy atom. The number of halogens is 4. The van der Waals surface area contributed by atoms with Gasteiger partial charge in [-0.25, -0.2) is 22.9 Å². The van der Waals surface area contributed by atoms with E-state index in [1.165, 1.54) is 25.3 Å². The summed E-state index contributed by atoms with van der Waals surface area (Å²) in [6.45, 7) is 0.307. The molecule has 2 N–H and O–H groups in total. The van der Waals surface area contributed by atoms with Crippen LogP contribution in [0.15, 0.2) is 51.2 Å².